The van der Waals surface area contributed by atoms with E-state index in [1.54, 1.807) is 0 Å². The summed E-state index contributed by atoms with van der Waals surface area (Å²) < 4.78 is 0. The van der Waals surface area contributed by atoms with E-state index in [0.717, 1.165) is 32.5 Å². The zero-order chi connectivity index (χ0) is 20.6. The fraction of sp³-hybridized carbons (Fsp3) is 0.571. The maximum absolute atomic E-state index is 11.6. The van der Waals surface area contributed by atoms with E-state index in [2.05, 4.69) is 42.2 Å². The highest BCUT2D eigenvalue weighted by atomic mass is 16.4. The number of carboxylic acids is 1. The standard InChI is InChI=1S/C21H33BN2O4/c1-17-5-7-18(8-6-17)19-9-15-24(16-10-19)14-4-12-21(23,20(25)26)11-2-3-13-22(27)28/h5-9,27-28H,2-4,10-16,23H2,1H3,(H,25,26). The smallest absolute Gasteiger partial charge is 0.451 e. The quantitative estimate of drug-likeness (QED) is 0.342. The van der Waals surface area contributed by atoms with E-state index >= 15 is 0 Å². The monoisotopic (exact) mass is 388 g/mol. The van der Waals surface area contributed by atoms with Crippen molar-refractivity contribution in [2.45, 2.75) is 57.3 Å². The molecule has 1 aromatic carbocycles. The molecule has 0 fully saturated rings. The molecule has 154 valence electrons. The molecular formula is C21H33BN2O4. The van der Waals surface area contributed by atoms with Gasteiger partial charge in [0, 0.05) is 13.1 Å². The Morgan fingerprint density at radius 2 is 1.86 bits per heavy atom. The molecule has 7 heteroatoms. The molecule has 1 atom stereocenters. The van der Waals surface area contributed by atoms with Gasteiger partial charge in [-0.25, -0.2) is 0 Å². The summed E-state index contributed by atoms with van der Waals surface area (Å²) in [6.07, 6.45) is 6.16. The van der Waals surface area contributed by atoms with Crippen LogP contribution in [0.4, 0.5) is 0 Å². The second-order valence-electron chi connectivity index (χ2n) is 7.94. The van der Waals surface area contributed by atoms with E-state index in [0.29, 0.717) is 25.7 Å². The molecule has 0 aliphatic carbocycles. The van der Waals surface area contributed by atoms with Gasteiger partial charge in [0.15, 0.2) is 0 Å². The molecule has 5 N–H and O–H groups in total. The number of nitrogens with two attached hydrogens (primary N) is 1. The van der Waals surface area contributed by atoms with Gasteiger partial charge in [-0.3, -0.25) is 9.69 Å². The van der Waals surface area contributed by atoms with Gasteiger partial charge in [-0.1, -0.05) is 48.7 Å². The van der Waals surface area contributed by atoms with Crippen LogP contribution in [0.5, 0.6) is 0 Å². The minimum absolute atomic E-state index is 0.249. The van der Waals surface area contributed by atoms with Gasteiger partial charge in [-0.2, -0.15) is 0 Å². The highest BCUT2D eigenvalue weighted by Crippen LogP contribution is 2.24. The predicted octanol–water partition coefficient (Wildman–Crippen LogP) is 2.29. The lowest BCUT2D eigenvalue weighted by atomic mass is 9.81. The predicted molar refractivity (Wildman–Crippen MR) is 113 cm³/mol. The normalized spacial score (nSPS) is 17.1. The molecule has 2 rings (SSSR count). The van der Waals surface area contributed by atoms with Crippen molar-refractivity contribution < 1.29 is 19.9 Å². The van der Waals surface area contributed by atoms with E-state index in [-0.39, 0.29) is 6.32 Å². The third-order valence-corrected chi connectivity index (χ3v) is 5.57. The number of benzene rings is 1. The Morgan fingerprint density at radius 3 is 2.43 bits per heavy atom. The first kappa shape index (κ1) is 22.6. The summed E-state index contributed by atoms with van der Waals surface area (Å²) in [4.78, 5) is 13.9. The molecule has 0 aromatic heterocycles. The van der Waals surface area contributed by atoms with Gasteiger partial charge in [-0.15, -0.1) is 0 Å². The average Bonchev–Trinajstić information content (AvgIpc) is 2.66. The van der Waals surface area contributed by atoms with Crippen LogP contribution in [0.25, 0.3) is 5.57 Å². The van der Waals surface area contributed by atoms with Crippen molar-refractivity contribution in [2.24, 2.45) is 5.73 Å². The van der Waals surface area contributed by atoms with Crippen molar-refractivity contribution in [1.82, 2.24) is 4.90 Å². The number of nitrogens with zero attached hydrogens (tertiary/aromatic N) is 1. The maximum Gasteiger partial charge on any atom is 0.451 e. The molecule has 1 aliphatic rings. The van der Waals surface area contributed by atoms with Crippen molar-refractivity contribution in [1.29, 1.82) is 0 Å². The van der Waals surface area contributed by atoms with Crippen molar-refractivity contribution in [3.05, 3.63) is 41.5 Å². The van der Waals surface area contributed by atoms with Crippen LogP contribution in [-0.2, 0) is 4.79 Å². The Bertz CT molecular complexity index is 663. The molecule has 0 spiro atoms. The van der Waals surface area contributed by atoms with Gasteiger partial charge in [0.05, 0.1) is 0 Å². The van der Waals surface area contributed by atoms with E-state index in [1.165, 1.54) is 16.7 Å². The van der Waals surface area contributed by atoms with Gasteiger partial charge < -0.3 is 20.9 Å². The van der Waals surface area contributed by atoms with Gasteiger partial charge in [-0.05, 0) is 56.6 Å². The molecule has 0 saturated heterocycles. The first-order valence-corrected chi connectivity index (χ1v) is 10.2. The summed E-state index contributed by atoms with van der Waals surface area (Å²) >= 11 is 0. The second-order valence-corrected chi connectivity index (χ2v) is 7.94. The molecule has 0 amide bonds. The summed E-state index contributed by atoms with van der Waals surface area (Å²) in [5, 5.41) is 27.3. The highest BCUT2D eigenvalue weighted by Gasteiger charge is 2.33. The fourth-order valence-electron chi connectivity index (χ4n) is 3.67. The Morgan fingerprint density at radius 1 is 1.18 bits per heavy atom. The number of aliphatic carboxylic acids is 1. The lowest BCUT2D eigenvalue weighted by Crippen LogP contribution is -2.48. The average molecular weight is 388 g/mol. The third kappa shape index (κ3) is 7.06. The Labute approximate surface area is 168 Å². The number of aryl methyl sites for hydroxylation is 1. The molecule has 6 nitrogen and oxygen atoms in total. The number of carboxylic acid groups (broad SMARTS) is 1. The van der Waals surface area contributed by atoms with Crippen molar-refractivity contribution >= 4 is 18.7 Å². The first-order valence-electron chi connectivity index (χ1n) is 10.2. The van der Waals surface area contributed by atoms with Gasteiger partial charge in [0.25, 0.3) is 0 Å². The lowest BCUT2D eigenvalue weighted by Gasteiger charge is -2.29. The molecule has 1 heterocycles. The lowest BCUT2D eigenvalue weighted by molar-refractivity contribution is -0.144. The van der Waals surface area contributed by atoms with Crippen LogP contribution in [0.2, 0.25) is 6.32 Å². The third-order valence-electron chi connectivity index (χ3n) is 5.57. The SMILES string of the molecule is Cc1ccc(C2=CCN(CCCC(N)(CCCCB(O)O)C(=O)O)CC2)cc1. The van der Waals surface area contributed by atoms with Crippen LogP contribution in [0.3, 0.4) is 0 Å². The minimum Gasteiger partial charge on any atom is -0.480 e. The van der Waals surface area contributed by atoms with Gasteiger partial charge >= 0.3 is 13.1 Å². The Balaban J connectivity index is 1.76. The molecule has 1 aliphatic heterocycles. The van der Waals surface area contributed by atoms with Crippen LogP contribution in [0.1, 0.15) is 49.7 Å². The van der Waals surface area contributed by atoms with E-state index in [1.807, 2.05) is 0 Å². The minimum atomic E-state index is -1.34. The Kier molecular flexibility index (Phi) is 8.70. The van der Waals surface area contributed by atoms with Crippen molar-refractivity contribution in [3.8, 4) is 0 Å². The van der Waals surface area contributed by atoms with Crippen LogP contribution in [0, 0.1) is 6.92 Å². The highest BCUT2D eigenvalue weighted by molar-refractivity contribution is 6.40. The maximum atomic E-state index is 11.6. The Hall–Kier alpha value is -1.67. The van der Waals surface area contributed by atoms with E-state index in [4.69, 9.17) is 15.8 Å². The first-order chi connectivity index (χ1) is 13.3. The van der Waals surface area contributed by atoms with Crippen LogP contribution >= 0.6 is 0 Å². The number of hydrogen-bond acceptors (Lipinski definition) is 5. The number of unbranched alkanes of at least 4 members (excludes halogenated alkanes) is 1. The summed E-state index contributed by atoms with van der Waals surface area (Å²) in [7, 11) is -1.34. The van der Waals surface area contributed by atoms with Crippen molar-refractivity contribution in [3.63, 3.8) is 0 Å². The van der Waals surface area contributed by atoms with Gasteiger partial charge in [0.1, 0.15) is 5.54 Å². The van der Waals surface area contributed by atoms with Crippen LogP contribution in [-0.4, -0.2) is 58.3 Å². The number of rotatable bonds is 11. The van der Waals surface area contributed by atoms with Crippen molar-refractivity contribution in [2.75, 3.05) is 19.6 Å². The number of carbonyl (C=O) groups is 1. The molecule has 0 radical (unpaired) electrons. The van der Waals surface area contributed by atoms with Gasteiger partial charge in [0.2, 0.25) is 0 Å². The summed E-state index contributed by atoms with van der Waals surface area (Å²) in [5.41, 5.74) is 8.81. The van der Waals surface area contributed by atoms with Crippen LogP contribution < -0.4 is 5.73 Å². The summed E-state index contributed by atoms with van der Waals surface area (Å²) in [6.45, 7) is 4.77. The molecule has 1 unspecified atom stereocenters. The molecule has 28 heavy (non-hydrogen) atoms. The molecule has 1 aromatic rings. The summed E-state index contributed by atoms with van der Waals surface area (Å²) in [5.74, 6) is -0.975. The zero-order valence-corrected chi connectivity index (χ0v) is 16.8. The summed E-state index contributed by atoms with van der Waals surface area (Å²) in [6, 6.07) is 8.61. The molecule has 0 bridgehead atoms. The largest absolute Gasteiger partial charge is 0.480 e. The molecular weight excluding hydrogens is 355 g/mol. The second kappa shape index (κ2) is 10.8. The van der Waals surface area contributed by atoms with E-state index < -0.39 is 18.6 Å². The topological polar surface area (TPSA) is 107 Å². The zero-order valence-electron chi connectivity index (χ0n) is 16.8. The number of hydrogen-bond donors (Lipinski definition) is 4. The fourth-order valence-corrected chi connectivity index (χ4v) is 3.67. The van der Waals surface area contributed by atoms with E-state index in [9.17, 15) is 9.90 Å². The van der Waals surface area contributed by atoms with Crippen LogP contribution in [0.15, 0.2) is 30.3 Å². The molecule has 0 saturated carbocycles.